The van der Waals surface area contributed by atoms with E-state index in [1.807, 2.05) is 37.3 Å². The third-order valence-electron chi connectivity index (χ3n) is 4.84. The van der Waals surface area contributed by atoms with Crippen LogP contribution in [0.4, 0.5) is 15.9 Å². The van der Waals surface area contributed by atoms with Crippen LogP contribution in [-0.4, -0.2) is 26.0 Å². The number of hydrogen-bond acceptors (Lipinski definition) is 6. The Labute approximate surface area is 187 Å². The second kappa shape index (κ2) is 8.38. The monoisotopic (exact) mass is 442 g/mol. The summed E-state index contributed by atoms with van der Waals surface area (Å²) in [6.45, 7) is 1.85. The number of thiophene rings is 1. The fourth-order valence-electron chi connectivity index (χ4n) is 3.37. The average Bonchev–Trinajstić information content (AvgIpc) is 3.37. The lowest BCUT2D eigenvalue weighted by molar-refractivity contribution is 0.612. The quantitative estimate of drug-likeness (QED) is 0.350. The molecule has 8 heteroatoms. The molecule has 0 amide bonds. The van der Waals surface area contributed by atoms with Crippen molar-refractivity contribution >= 4 is 44.1 Å². The standard InChI is InChI=1S/C24H19FN6S/c1-14(26)6-8-17-12-21-23(32-17)24(28-13-27-21)29-16-7-9-19-20(11-16)31-22(30-19)10-15-4-2-3-5-18(15)25/h2-5,7,9,11-14H,10,26H2,1H3,(H,30,31)(H,27,28,29). The van der Waals surface area contributed by atoms with E-state index in [1.54, 1.807) is 12.1 Å². The topological polar surface area (TPSA) is 92.5 Å². The molecule has 0 aliphatic rings. The van der Waals surface area contributed by atoms with Gasteiger partial charge in [0, 0.05) is 12.1 Å². The number of nitrogens with one attached hydrogen (secondary N) is 2. The smallest absolute Gasteiger partial charge is 0.151 e. The van der Waals surface area contributed by atoms with Crippen molar-refractivity contribution in [2.45, 2.75) is 19.4 Å². The summed E-state index contributed by atoms with van der Waals surface area (Å²) in [5, 5.41) is 3.36. The van der Waals surface area contributed by atoms with Crippen molar-refractivity contribution in [2.24, 2.45) is 5.73 Å². The van der Waals surface area contributed by atoms with Gasteiger partial charge in [0.25, 0.3) is 0 Å². The Morgan fingerprint density at radius 3 is 2.88 bits per heavy atom. The first-order valence-corrected chi connectivity index (χ1v) is 10.9. The van der Waals surface area contributed by atoms with Crippen molar-refractivity contribution in [3.8, 4) is 11.8 Å². The van der Waals surface area contributed by atoms with Crippen LogP contribution in [0.2, 0.25) is 0 Å². The van der Waals surface area contributed by atoms with Crippen molar-refractivity contribution in [3.05, 3.63) is 76.9 Å². The van der Waals surface area contributed by atoms with E-state index in [0.29, 0.717) is 23.6 Å². The van der Waals surface area contributed by atoms with Crippen LogP contribution < -0.4 is 11.1 Å². The number of H-pyrrole nitrogens is 1. The summed E-state index contributed by atoms with van der Waals surface area (Å²) in [4.78, 5) is 17.5. The van der Waals surface area contributed by atoms with Crippen LogP contribution >= 0.6 is 11.3 Å². The Hall–Kier alpha value is -3.80. The average molecular weight is 443 g/mol. The molecular formula is C24H19FN6S. The maximum absolute atomic E-state index is 14.0. The highest BCUT2D eigenvalue weighted by molar-refractivity contribution is 7.20. The van der Waals surface area contributed by atoms with E-state index >= 15 is 0 Å². The van der Waals surface area contributed by atoms with Crippen molar-refractivity contribution < 1.29 is 4.39 Å². The van der Waals surface area contributed by atoms with Crippen LogP contribution in [0.3, 0.4) is 0 Å². The lowest BCUT2D eigenvalue weighted by atomic mass is 10.1. The molecule has 0 bridgehead atoms. The predicted octanol–water partition coefficient (Wildman–Crippen LogP) is 4.74. The number of nitrogens with two attached hydrogens (primary N) is 1. The summed E-state index contributed by atoms with van der Waals surface area (Å²) in [6.07, 6.45) is 1.93. The van der Waals surface area contributed by atoms with E-state index in [-0.39, 0.29) is 11.9 Å². The van der Waals surface area contributed by atoms with Gasteiger partial charge in [0.05, 0.1) is 32.2 Å². The van der Waals surface area contributed by atoms with E-state index < -0.39 is 0 Å². The number of benzene rings is 2. The normalized spacial score (nSPS) is 12.0. The zero-order chi connectivity index (χ0) is 22.1. The van der Waals surface area contributed by atoms with Gasteiger partial charge >= 0.3 is 0 Å². The van der Waals surface area contributed by atoms with E-state index in [9.17, 15) is 4.39 Å². The molecule has 0 saturated carbocycles. The van der Waals surface area contributed by atoms with E-state index in [1.165, 1.54) is 23.7 Å². The second-order valence-corrected chi connectivity index (χ2v) is 8.47. The van der Waals surface area contributed by atoms with Gasteiger partial charge in [-0.1, -0.05) is 30.0 Å². The van der Waals surface area contributed by atoms with Gasteiger partial charge < -0.3 is 16.0 Å². The van der Waals surface area contributed by atoms with Crippen molar-refractivity contribution in [2.75, 3.05) is 5.32 Å². The summed E-state index contributed by atoms with van der Waals surface area (Å²) in [5.74, 6) is 7.23. The highest BCUT2D eigenvalue weighted by Crippen LogP contribution is 2.31. The maximum atomic E-state index is 14.0. The fourth-order valence-corrected chi connectivity index (χ4v) is 4.29. The summed E-state index contributed by atoms with van der Waals surface area (Å²) >= 11 is 1.52. The van der Waals surface area contributed by atoms with Crippen molar-refractivity contribution in [1.29, 1.82) is 0 Å². The number of rotatable bonds is 4. The second-order valence-electron chi connectivity index (χ2n) is 7.41. The zero-order valence-electron chi connectivity index (χ0n) is 17.2. The molecule has 5 aromatic rings. The molecule has 0 spiro atoms. The van der Waals surface area contributed by atoms with Gasteiger partial charge in [-0.3, -0.25) is 0 Å². The van der Waals surface area contributed by atoms with Crippen LogP contribution in [0, 0.1) is 17.7 Å². The molecule has 158 valence electrons. The van der Waals surface area contributed by atoms with Crippen LogP contribution in [0.1, 0.15) is 23.2 Å². The molecule has 0 saturated heterocycles. The van der Waals surface area contributed by atoms with Crippen LogP contribution in [0.15, 0.2) is 54.9 Å². The first-order chi connectivity index (χ1) is 15.5. The number of anilines is 2. The minimum Gasteiger partial charge on any atom is -0.342 e. The lowest BCUT2D eigenvalue weighted by Crippen LogP contribution is -2.10. The van der Waals surface area contributed by atoms with Gasteiger partial charge in [-0.05, 0) is 42.8 Å². The highest BCUT2D eigenvalue weighted by atomic mass is 32.1. The van der Waals surface area contributed by atoms with Gasteiger partial charge in [-0.25, -0.2) is 19.3 Å². The molecule has 0 fully saturated rings. The number of fused-ring (bicyclic) bond motifs is 2. The summed E-state index contributed by atoms with van der Waals surface area (Å²) in [6, 6.07) is 14.3. The number of hydrogen-bond donors (Lipinski definition) is 3. The Bertz CT molecular complexity index is 1490. The van der Waals surface area contributed by atoms with Crippen LogP contribution in [0.25, 0.3) is 21.3 Å². The zero-order valence-corrected chi connectivity index (χ0v) is 18.0. The number of imidazole rings is 1. The molecule has 0 radical (unpaired) electrons. The molecule has 4 N–H and O–H groups in total. The van der Waals surface area contributed by atoms with Crippen molar-refractivity contribution in [1.82, 2.24) is 19.9 Å². The highest BCUT2D eigenvalue weighted by Gasteiger charge is 2.11. The Balaban J connectivity index is 1.42. The lowest BCUT2D eigenvalue weighted by Gasteiger charge is -2.05. The van der Waals surface area contributed by atoms with Gasteiger partial charge in [-0.2, -0.15) is 0 Å². The number of nitrogens with zero attached hydrogens (tertiary/aromatic N) is 3. The third kappa shape index (κ3) is 4.17. The van der Waals surface area contributed by atoms with Gasteiger partial charge in [0.2, 0.25) is 0 Å². The molecule has 32 heavy (non-hydrogen) atoms. The van der Waals surface area contributed by atoms with E-state index in [4.69, 9.17) is 5.73 Å². The SMILES string of the molecule is CC(N)C#Cc1cc2ncnc(Nc3ccc4[nH]c(Cc5ccccc5F)nc4c3)c2s1. The minimum absolute atomic E-state index is 0.187. The number of aromatic nitrogens is 4. The molecule has 1 unspecified atom stereocenters. The van der Waals surface area contributed by atoms with Crippen LogP contribution in [-0.2, 0) is 6.42 Å². The summed E-state index contributed by atoms with van der Waals surface area (Å²) < 4.78 is 14.9. The molecule has 3 aromatic heterocycles. The van der Waals surface area contributed by atoms with Gasteiger partial charge in [0.15, 0.2) is 5.82 Å². The van der Waals surface area contributed by atoms with Gasteiger partial charge in [0.1, 0.15) is 18.0 Å². The Morgan fingerprint density at radius 2 is 2.03 bits per heavy atom. The Morgan fingerprint density at radius 1 is 1.16 bits per heavy atom. The molecule has 6 nitrogen and oxygen atoms in total. The molecule has 1 atom stereocenters. The molecule has 0 aliphatic heterocycles. The van der Waals surface area contributed by atoms with Gasteiger partial charge in [-0.15, -0.1) is 11.3 Å². The van der Waals surface area contributed by atoms with Crippen molar-refractivity contribution in [3.63, 3.8) is 0 Å². The first-order valence-electron chi connectivity index (χ1n) is 10.1. The summed E-state index contributed by atoms with van der Waals surface area (Å²) in [7, 11) is 0. The van der Waals surface area contributed by atoms with E-state index in [0.717, 1.165) is 31.8 Å². The largest absolute Gasteiger partial charge is 0.342 e. The number of halogens is 1. The first kappa shape index (κ1) is 20.1. The fraction of sp³-hybridized carbons (Fsp3) is 0.125. The molecule has 2 aromatic carbocycles. The van der Waals surface area contributed by atoms with Crippen LogP contribution in [0.5, 0.6) is 0 Å². The Kier molecular flexibility index (Phi) is 5.27. The predicted molar refractivity (Wildman–Crippen MR) is 127 cm³/mol. The molecular weight excluding hydrogens is 423 g/mol. The minimum atomic E-state index is -0.232. The number of aromatic amines is 1. The van der Waals surface area contributed by atoms with E-state index in [2.05, 4.69) is 37.1 Å². The third-order valence-corrected chi connectivity index (χ3v) is 5.89. The maximum Gasteiger partial charge on any atom is 0.151 e. The molecule has 5 rings (SSSR count). The summed E-state index contributed by atoms with van der Waals surface area (Å²) in [5.41, 5.74) is 9.69. The molecule has 3 heterocycles. The molecule has 0 aliphatic carbocycles.